The number of aliphatic hydroxyl groups excluding tert-OH is 1. The summed E-state index contributed by atoms with van der Waals surface area (Å²) in [5.74, 6) is -0.841. The van der Waals surface area contributed by atoms with Gasteiger partial charge in [0.25, 0.3) is 0 Å². The fourth-order valence-electron chi connectivity index (χ4n) is 2.82. The van der Waals surface area contributed by atoms with Crippen molar-refractivity contribution in [3.05, 3.63) is 35.4 Å². The SMILES string of the molecule is CC(C(=O)O)N1CCC(O)(c2ccccc2CO)CC1. The van der Waals surface area contributed by atoms with Crippen molar-refractivity contribution in [1.29, 1.82) is 0 Å². The summed E-state index contributed by atoms with van der Waals surface area (Å²) in [5.41, 5.74) is 0.508. The zero-order chi connectivity index (χ0) is 14.8. The first kappa shape index (κ1) is 15.0. The molecule has 5 nitrogen and oxygen atoms in total. The first-order chi connectivity index (χ1) is 9.48. The molecule has 1 heterocycles. The van der Waals surface area contributed by atoms with E-state index in [1.807, 2.05) is 23.1 Å². The summed E-state index contributed by atoms with van der Waals surface area (Å²) in [6.07, 6.45) is 0.948. The molecule has 0 radical (unpaired) electrons. The Balaban J connectivity index is 2.13. The molecule has 2 rings (SSSR count). The zero-order valence-corrected chi connectivity index (χ0v) is 11.6. The third-order valence-corrected chi connectivity index (χ3v) is 4.22. The number of piperidine rings is 1. The fourth-order valence-corrected chi connectivity index (χ4v) is 2.82. The van der Waals surface area contributed by atoms with Crippen molar-refractivity contribution in [2.24, 2.45) is 0 Å². The number of carbonyl (C=O) groups is 1. The molecule has 20 heavy (non-hydrogen) atoms. The van der Waals surface area contributed by atoms with E-state index >= 15 is 0 Å². The summed E-state index contributed by atoms with van der Waals surface area (Å²) in [5, 5.41) is 29.2. The second-order valence-corrected chi connectivity index (χ2v) is 5.40. The van der Waals surface area contributed by atoms with Crippen molar-refractivity contribution in [3.63, 3.8) is 0 Å². The maximum Gasteiger partial charge on any atom is 0.320 e. The second kappa shape index (κ2) is 5.91. The molecule has 1 aliphatic rings. The minimum atomic E-state index is -0.978. The average Bonchev–Trinajstić information content (AvgIpc) is 2.47. The van der Waals surface area contributed by atoms with E-state index in [1.165, 1.54) is 0 Å². The molecule has 0 spiro atoms. The number of carboxylic acids is 1. The molecule has 1 fully saturated rings. The maximum atomic E-state index is 11.0. The molecule has 3 N–H and O–H groups in total. The van der Waals surface area contributed by atoms with E-state index in [9.17, 15) is 15.0 Å². The van der Waals surface area contributed by atoms with Crippen molar-refractivity contribution >= 4 is 5.97 Å². The first-order valence-electron chi connectivity index (χ1n) is 6.86. The highest BCUT2D eigenvalue weighted by Crippen LogP contribution is 2.35. The number of hydrogen-bond donors (Lipinski definition) is 3. The van der Waals surface area contributed by atoms with Crippen LogP contribution in [0.25, 0.3) is 0 Å². The largest absolute Gasteiger partial charge is 0.480 e. The predicted molar refractivity (Wildman–Crippen MR) is 74.2 cm³/mol. The molecule has 0 aromatic heterocycles. The summed E-state index contributed by atoms with van der Waals surface area (Å²) in [7, 11) is 0. The van der Waals surface area contributed by atoms with Crippen molar-refractivity contribution in [1.82, 2.24) is 4.90 Å². The van der Waals surface area contributed by atoms with Gasteiger partial charge in [0.2, 0.25) is 0 Å². The molecule has 0 saturated carbocycles. The highest BCUT2D eigenvalue weighted by atomic mass is 16.4. The fraction of sp³-hybridized carbons (Fsp3) is 0.533. The quantitative estimate of drug-likeness (QED) is 0.764. The van der Waals surface area contributed by atoms with Crippen LogP contribution < -0.4 is 0 Å². The van der Waals surface area contributed by atoms with Crippen LogP contribution in [0.4, 0.5) is 0 Å². The molecule has 1 unspecified atom stereocenters. The van der Waals surface area contributed by atoms with Crippen molar-refractivity contribution in [2.75, 3.05) is 13.1 Å². The molecule has 1 saturated heterocycles. The molecule has 1 aromatic carbocycles. The van der Waals surface area contributed by atoms with Crippen LogP contribution in [0.2, 0.25) is 0 Å². The summed E-state index contributed by atoms with van der Waals surface area (Å²) in [6, 6.07) is 6.78. The van der Waals surface area contributed by atoms with Gasteiger partial charge < -0.3 is 15.3 Å². The number of benzene rings is 1. The molecular weight excluding hydrogens is 258 g/mol. The van der Waals surface area contributed by atoms with Gasteiger partial charge in [0.1, 0.15) is 6.04 Å². The number of aliphatic hydroxyl groups is 2. The minimum Gasteiger partial charge on any atom is -0.480 e. The Morgan fingerprint density at radius 1 is 1.35 bits per heavy atom. The summed E-state index contributed by atoms with van der Waals surface area (Å²) >= 11 is 0. The van der Waals surface area contributed by atoms with Gasteiger partial charge in [-0.2, -0.15) is 0 Å². The maximum absolute atomic E-state index is 11.0. The van der Waals surface area contributed by atoms with Crippen molar-refractivity contribution in [3.8, 4) is 0 Å². The zero-order valence-electron chi connectivity index (χ0n) is 11.6. The Kier molecular flexibility index (Phi) is 4.42. The Morgan fingerprint density at radius 2 is 1.95 bits per heavy atom. The Bertz CT molecular complexity index is 481. The smallest absolute Gasteiger partial charge is 0.320 e. The number of carboxylic acid groups (broad SMARTS) is 1. The van der Waals surface area contributed by atoms with Crippen LogP contribution in [-0.2, 0) is 17.0 Å². The molecule has 1 aromatic rings. The molecular formula is C15H21NO4. The van der Waals surface area contributed by atoms with Crippen molar-refractivity contribution in [2.45, 2.75) is 38.0 Å². The number of nitrogens with zero attached hydrogens (tertiary/aromatic N) is 1. The lowest BCUT2D eigenvalue weighted by Crippen LogP contribution is -2.48. The highest BCUT2D eigenvalue weighted by Gasteiger charge is 2.37. The van der Waals surface area contributed by atoms with E-state index in [2.05, 4.69) is 0 Å². The minimum absolute atomic E-state index is 0.103. The van der Waals surface area contributed by atoms with Gasteiger partial charge in [-0.3, -0.25) is 9.69 Å². The normalized spacial score (nSPS) is 20.6. The van der Waals surface area contributed by atoms with Crippen LogP contribution in [-0.4, -0.2) is 45.3 Å². The van der Waals surface area contributed by atoms with Crippen LogP contribution >= 0.6 is 0 Å². The van der Waals surface area contributed by atoms with Crippen molar-refractivity contribution < 1.29 is 20.1 Å². The number of rotatable bonds is 4. The first-order valence-corrected chi connectivity index (χ1v) is 6.86. The van der Waals surface area contributed by atoms with E-state index in [-0.39, 0.29) is 6.61 Å². The molecule has 1 aliphatic heterocycles. The summed E-state index contributed by atoms with van der Waals surface area (Å²) < 4.78 is 0. The lowest BCUT2D eigenvalue weighted by Gasteiger charge is -2.40. The van der Waals surface area contributed by atoms with Crippen LogP contribution in [0.3, 0.4) is 0 Å². The van der Waals surface area contributed by atoms with Gasteiger partial charge in [-0.1, -0.05) is 24.3 Å². The Hall–Kier alpha value is -1.43. The van der Waals surface area contributed by atoms with Gasteiger partial charge in [0.15, 0.2) is 0 Å². The summed E-state index contributed by atoms with van der Waals surface area (Å²) in [4.78, 5) is 12.9. The van der Waals surface area contributed by atoms with E-state index in [1.54, 1.807) is 13.0 Å². The lowest BCUT2D eigenvalue weighted by molar-refractivity contribution is -0.144. The predicted octanol–water partition coefficient (Wildman–Crippen LogP) is 0.935. The third kappa shape index (κ3) is 2.85. The van der Waals surface area contributed by atoms with E-state index in [0.717, 1.165) is 11.1 Å². The number of hydrogen-bond acceptors (Lipinski definition) is 4. The van der Waals surface area contributed by atoms with E-state index in [0.29, 0.717) is 25.9 Å². The van der Waals surface area contributed by atoms with Crippen LogP contribution in [0.15, 0.2) is 24.3 Å². The average molecular weight is 279 g/mol. The molecule has 0 bridgehead atoms. The molecule has 5 heteroatoms. The van der Waals surface area contributed by atoms with Gasteiger partial charge in [0.05, 0.1) is 12.2 Å². The number of aliphatic carboxylic acids is 1. The van der Waals surface area contributed by atoms with Crippen LogP contribution in [0.1, 0.15) is 30.9 Å². The highest BCUT2D eigenvalue weighted by molar-refractivity contribution is 5.72. The lowest BCUT2D eigenvalue weighted by atomic mass is 9.81. The molecule has 1 atom stereocenters. The topological polar surface area (TPSA) is 81.0 Å². The van der Waals surface area contributed by atoms with Gasteiger partial charge in [0, 0.05) is 13.1 Å². The van der Waals surface area contributed by atoms with E-state index in [4.69, 9.17) is 5.11 Å². The van der Waals surface area contributed by atoms with Gasteiger partial charge in [-0.05, 0) is 30.9 Å². The standard InChI is InChI=1S/C15H21NO4/c1-11(14(18)19)16-8-6-15(20,7-9-16)13-5-3-2-4-12(13)10-17/h2-5,11,17,20H,6-10H2,1H3,(H,18,19). The Labute approximate surface area is 118 Å². The molecule has 110 valence electrons. The second-order valence-electron chi connectivity index (χ2n) is 5.40. The van der Waals surface area contributed by atoms with Crippen LogP contribution in [0.5, 0.6) is 0 Å². The van der Waals surface area contributed by atoms with Gasteiger partial charge in [-0.15, -0.1) is 0 Å². The van der Waals surface area contributed by atoms with Gasteiger partial charge in [-0.25, -0.2) is 0 Å². The van der Waals surface area contributed by atoms with Crippen LogP contribution in [0, 0.1) is 0 Å². The van der Waals surface area contributed by atoms with Gasteiger partial charge >= 0.3 is 5.97 Å². The molecule has 0 amide bonds. The Morgan fingerprint density at radius 3 is 2.50 bits per heavy atom. The summed E-state index contributed by atoms with van der Waals surface area (Å²) in [6.45, 7) is 2.62. The molecule has 0 aliphatic carbocycles. The monoisotopic (exact) mass is 279 g/mol. The van der Waals surface area contributed by atoms with E-state index < -0.39 is 17.6 Å². The number of likely N-dealkylation sites (tertiary alicyclic amines) is 1. The third-order valence-electron chi connectivity index (χ3n) is 4.22.